The van der Waals surface area contributed by atoms with Crippen molar-refractivity contribution >= 4 is 46.9 Å². The predicted molar refractivity (Wildman–Crippen MR) is 132 cm³/mol. The molecule has 0 spiro atoms. The van der Waals surface area contributed by atoms with E-state index in [1.54, 1.807) is 48.5 Å². The molecule has 8 heteroatoms. The number of benzene rings is 3. The summed E-state index contributed by atoms with van der Waals surface area (Å²) in [5.74, 6) is -1.64. The van der Waals surface area contributed by atoms with Crippen LogP contribution in [-0.2, 0) is 16.2 Å². The summed E-state index contributed by atoms with van der Waals surface area (Å²) >= 11 is 5.27. The first-order chi connectivity index (χ1) is 16.3. The molecule has 34 heavy (non-hydrogen) atoms. The summed E-state index contributed by atoms with van der Waals surface area (Å²) in [5.41, 5.74) is 2.87. The number of para-hydroxylation sites is 2. The van der Waals surface area contributed by atoms with Gasteiger partial charge in [-0.15, -0.1) is 0 Å². The van der Waals surface area contributed by atoms with Crippen molar-refractivity contribution in [1.82, 2.24) is 5.32 Å². The van der Waals surface area contributed by atoms with Gasteiger partial charge in [0.2, 0.25) is 0 Å². The van der Waals surface area contributed by atoms with Crippen LogP contribution in [0.2, 0.25) is 0 Å². The molecule has 3 aromatic rings. The van der Waals surface area contributed by atoms with Crippen molar-refractivity contribution in [2.75, 3.05) is 4.90 Å². The fourth-order valence-corrected chi connectivity index (χ4v) is 3.76. The molecule has 0 bridgehead atoms. The van der Waals surface area contributed by atoms with E-state index in [9.17, 15) is 14.4 Å². The number of thiocarbonyl (C=S) groups is 1. The minimum Gasteiger partial charge on any atom is -0.488 e. The molecule has 2 N–H and O–H groups in total. The molecule has 0 atom stereocenters. The number of ether oxygens (including phenoxy) is 1. The Bertz CT molecular complexity index is 1330. The van der Waals surface area contributed by atoms with Gasteiger partial charge in [0.15, 0.2) is 5.11 Å². The first kappa shape index (κ1) is 22.9. The molecule has 0 unspecified atom stereocenters. The average molecular weight is 473 g/mol. The Labute approximate surface area is 201 Å². The quantitative estimate of drug-likeness (QED) is 0.319. The van der Waals surface area contributed by atoms with Gasteiger partial charge in [-0.2, -0.15) is 0 Å². The van der Waals surface area contributed by atoms with Gasteiger partial charge in [0.05, 0.1) is 11.3 Å². The van der Waals surface area contributed by atoms with E-state index in [1.807, 2.05) is 19.1 Å². The third-order valence-corrected chi connectivity index (χ3v) is 5.56. The van der Waals surface area contributed by atoms with Crippen LogP contribution in [0.4, 0.5) is 5.69 Å². The van der Waals surface area contributed by atoms with Crippen LogP contribution in [0.5, 0.6) is 5.75 Å². The highest BCUT2D eigenvalue weighted by Crippen LogP contribution is 2.27. The number of amides is 2. The van der Waals surface area contributed by atoms with E-state index in [0.29, 0.717) is 17.0 Å². The lowest BCUT2D eigenvalue weighted by Gasteiger charge is -2.30. The van der Waals surface area contributed by atoms with Gasteiger partial charge in [0, 0.05) is 5.56 Å². The van der Waals surface area contributed by atoms with Gasteiger partial charge < -0.3 is 9.84 Å². The number of nitrogens with zero attached hydrogens (tertiary/aromatic N) is 1. The molecule has 1 aliphatic rings. The molecule has 0 aromatic heterocycles. The maximum absolute atomic E-state index is 13.3. The Balaban J connectivity index is 1.61. The first-order valence-electron chi connectivity index (χ1n) is 10.4. The summed E-state index contributed by atoms with van der Waals surface area (Å²) in [7, 11) is 0. The van der Waals surface area contributed by atoms with Crippen molar-refractivity contribution in [2.24, 2.45) is 0 Å². The monoisotopic (exact) mass is 472 g/mol. The zero-order valence-corrected chi connectivity index (χ0v) is 19.0. The predicted octanol–water partition coefficient (Wildman–Crippen LogP) is 4.10. The number of carbonyl (C=O) groups excluding carboxylic acids is 2. The maximum atomic E-state index is 13.3. The zero-order valence-electron chi connectivity index (χ0n) is 18.1. The molecule has 0 radical (unpaired) electrons. The number of hydrogen-bond acceptors (Lipinski definition) is 5. The summed E-state index contributed by atoms with van der Waals surface area (Å²) < 4.78 is 5.91. The van der Waals surface area contributed by atoms with Gasteiger partial charge in [-0.3, -0.25) is 19.8 Å². The number of carbonyl (C=O) groups is 3. The molecule has 1 heterocycles. The third-order valence-electron chi connectivity index (χ3n) is 5.27. The summed E-state index contributed by atoms with van der Waals surface area (Å²) in [6.07, 6.45) is 1.48. The molecule has 0 saturated carbocycles. The topological polar surface area (TPSA) is 95.9 Å². The number of nitrogens with one attached hydrogen (secondary N) is 1. The largest absolute Gasteiger partial charge is 0.488 e. The lowest BCUT2D eigenvalue weighted by atomic mass is 10.1. The molecule has 1 fully saturated rings. The third kappa shape index (κ3) is 4.72. The van der Waals surface area contributed by atoms with Gasteiger partial charge >= 0.3 is 5.97 Å². The van der Waals surface area contributed by atoms with Gasteiger partial charge in [-0.25, -0.2) is 4.79 Å². The molecular formula is C26H20N2O5S. The Hall–Kier alpha value is -4.30. The van der Waals surface area contributed by atoms with Gasteiger partial charge in [0.1, 0.15) is 17.9 Å². The van der Waals surface area contributed by atoms with Crippen LogP contribution in [0.1, 0.15) is 27.0 Å². The summed E-state index contributed by atoms with van der Waals surface area (Å²) in [5, 5.41) is 11.6. The van der Waals surface area contributed by atoms with Crippen LogP contribution in [0, 0.1) is 6.92 Å². The zero-order chi connectivity index (χ0) is 24.2. The normalized spacial score (nSPS) is 14.8. The van der Waals surface area contributed by atoms with Crippen molar-refractivity contribution in [3.8, 4) is 5.75 Å². The lowest BCUT2D eigenvalue weighted by Crippen LogP contribution is -2.54. The van der Waals surface area contributed by atoms with E-state index in [2.05, 4.69) is 5.32 Å². The molecule has 170 valence electrons. The van der Waals surface area contributed by atoms with Crippen molar-refractivity contribution < 1.29 is 24.2 Å². The standard InChI is InChI=1S/C26H20N2O5S/c1-16-6-2-4-8-21(16)28-24(30)20(23(29)27-26(28)34)14-19-7-3-5-9-22(19)33-15-17-10-12-18(13-11-17)25(31)32/h2-14H,15H2,1H3,(H,31,32)(H,27,29,34)/b20-14+. The van der Waals surface area contributed by atoms with Crippen LogP contribution in [-0.4, -0.2) is 28.0 Å². The number of aryl methyl sites for hydroxylation is 1. The van der Waals surface area contributed by atoms with Crippen molar-refractivity contribution in [2.45, 2.75) is 13.5 Å². The summed E-state index contributed by atoms with van der Waals surface area (Å²) in [4.78, 5) is 38.3. The number of hydrogen-bond donors (Lipinski definition) is 2. The number of anilines is 1. The average Bonchev–Trinajstić information content (AvgIpc) is 2.82. The van der Waals surface area contributed by atoms with E-state index in [-0.39, 0.29) is 22.9 Å². The van der Waals surface area contributed by atoms with E-state index in [0.717, 1.165) is 11.1 Å². The summed E-state index contributed by atoms with van der Waals surface area (Å²) in [6.45, 7) is 2.04. The van der Waals surface area contributed by atoms with E-state index in [4.69, 9.17) is 22.1 Å². The number of rotatable bonds is 6. The van der Waals surface area contributed by atoms with E-state index >= 15 is 0 Å². The number of aromatic carboxylic acids is 1. The molecule has 0 aliphatic carbocycles. The van der Waals surface area contributed by atoms with Gasteiger partial charge in [-0.1, -0.05) is 48.5 Å². The second kappa shape index (κ2) is 9.68. The molecule has 7 nitrogen and oxygen atoms in total. The fraction of sp³-hybridized carbons (Fsp3) is 0.0769. The molecule has 1 saturated heterocycles. The number of carboxylic acid groups (broad SMARTS) is 1. The minimum atomic E-state index is -1.00. The summed E-state index contributed by atoms with van der Waals surface area (Å²) in [6, 6.07) is 20.6. The van der Waals surface area contributed by atoms with Crippen molar-refractivity contribution in [1.29, 1.82) is 0 Å². The van der Waals surface area contributed by atoms with E-state index < -0.39 is 17.8 Å². The highest BCUT2D eigenvalue weighted by Gasteiger charge is 2.35. The molecule has 3 aromatic carbocycles. The van der Waals surface area contributed by atoms with Gasteiger partial charge in [-0.05, 0) is 60.6 Å². The highest BCUT2D eigenvalue weighted by molar-refractivity contribution is 7.80. The van der Waals surface area contributed by atoms with Crippen LogP contribution >= 0.6 is 12.2 Å². The Kier molecular flexibility index (Phi) is 6.51. The number of carboxylic acids is 1. The maximum Gasteiger partial charge on any atom is 0.335 e. The van der Waals surface area contributed by atoms with Crippen molar-refractivity contribution in [3.05, 3.63) is 101 Å². The molecule has 4 rings (SSSR count). The lowest BCUT2D eigenvalue weighted by molar-refractivity contribution is -0.122. The molecular weight excluding hydrogens is 452 g/mol. The second-order valence-corrected chi connectivity index (χ2v) is 7.96. The van der Waals surface area contributed by atoms with Crippen molar-refractivity contribution in [3.63, 3.8) is 0 Å². The minimum absolute atomic E-state index is 0.0239. The molecule has 2 amide bonds. The molecule has 1 aliphatic heterocycles. The van der Waals surface area contributed by atoms with Crippen LogP contribution in [0.25, 0.3) is 6.08 Å². The SMILES string of the molecule is Cc1ccccc1N1C(=O)/C(=C/c2ccccc2OCc2ccc(C(=O)O)cc2)C(=O)NC1=S. The Morgan fingerprint density at radius 1 is 1.03 bits per heavy atom. The van der Waals surface area contributed by atoms with Crippen LogP contribution < -0.4 is 15.0 Å². The Morgan fingerprint density at radius 3 is 2.41 bits per heavy atom. The Morgan fingerprint density at radius 2 is 1.71 bits per heavy atom. The first-order valence-corrected chi connectivity index (χ1v) is 10.8. The van der Waals surface area contributed by atoms with Crippen LogP contribution in [0.3, 0.4) is 0 Å². The van der Waals surface area contributed by atoms with E-state index in [1.165, 1.54) is 23.1 Å². The smallest absolute Gasteiger partial charge is 0.335 e. The highest BCUT2D eigenvalue weighted by atomic mass is 32.1. The second-order valence-electron chi connectivity index (χ2n) is 7.57. The fourth-order valence-electron chi connectivity index (χ4n) is 3.48. The van der Waals surface area contributed by atoms with Gasteiger partial charge in [0.25, 0.3) is 11.8 Å². The van der Waals surface area contributed by atoms with Crippen LogP contribution in [0.15, 0.2) is 78.4 Å².